The van der Waals surface area contributed by atoms with E-state index in [2.05, 4.69) is 38.9 Å². The van der Waals surface area contributed by atoms with Crippen LogP contribution in [-0.2, 0) is 6.54 Å². The highest BCUT2D eigenvalue weighted by Gasteiger charge is 2.27. The third kappa shape index (κ3) is 4.92. The van der Waals surface area contributed by atoms with E-state index >= 15 is 0 Å². The standard InChI is InChI=1S/C24H29N7/c1-17-13-27-24(29-21-9-7-18(8-10-21)14-26-2)30-23(17)20-15-28-31(16-20)22(11-12-25)19-5-3-4-6-19/h7-10,13,15-16,19,22,26H,3-6,11,14H2,1-2H3,(H,27,29,30). The molecule has 7 heteroatoms. The lowest BCUT2D eigenvalue weighted by atomic mass is 9.96. The fourth-order valence-corrected chi connectivity index (χ4v) is 4.39. The van der Waals surface area contributed by atoms with Gasteiger partial charge < -0.3 is 10.6 Å². The Bertz CT molecular complexity index is 1040. The number of nitrogens with zero attached hydrogens (tertiary/aromatic N) is 5. The molecule has 0 radical (unpaired) electrons. The van der Waals surface area contributed by atoms with Crippen LogP contribution >= 0.6 is 0 Å². The van der Waals surface area contributed by atoms with Crippen LogP contribution in [0, 0.1) is 24.2 Å². The quantitative estimate of drug-likeness (QED) is 0.551. The fourth-order valence-electron chi connectivity index (χ4n) is 4.39. The predicted octanol–water partition coefficient (Wildman–Crippen LogP) is 4.76. The maximum Gasteiger partial charge on any atom is 0.227 e. The number of nitriles is 1. The van der Waals surface area contributed by atoms with Crippen molar-refractivity contribution >= 4 is 11.6 Å². The number of hydrogen-bond donors (Lipinski definition) is 2. The highest BCUT2D eigenvalue weighted by Crippen LogP contribution is 2.36. The number of aryl methyl sites for hydroxylation is 1. The van der Waals surface area contributed by atoms with Crippen molar-refractivity contribution in [2.24, 2.45) is 5.92 Å². The lowest BCUT2D eigenvalue weighted by molar-refractivity contribution is 0.315. The molecule has 160 valence electrons. The highest BCUT2D eigenvalue weighted by molar-refractivity contribution is 5.64. The van der Waals surface area contributed by atoms with Gasteiger partial charge in [0.05, 0.1) is 30.4 Å². The first-order valence-corrected chi connectivity index (χ1v) is 10.9. The number of rotatable bonds is 8. The van der Waals surface area contributed by atoms with Crippen molar-refractivity contribution in [2.75, 3.05) is 12.4 Å². The van der Waals surface area contributed by atoms with Crippen molar-refractivity contribution < 1.29 is 0 Å². The fraction of sp³-hybridized carbons (Fsp3) is 0.417. The van der Waals surface area contributed by atoms with E-state index in [1.54, 1.807) is 0 Å². The van der Waals surface area contributed by atoms with Gasteiger partial charge in [0.2, 0.25) is 5.95 Å². The zero-order valence-corrected chi connectivity index (χ0v) is 18.2. The molecule has 1 atom stereocenters. The van der Waals surface area contributed by atoms with Gasteiger partial charge in [-0.15, -0.1) is 0 Å². The van der Waals surface area contributed by atoms with Crippen molar-refractivity contribution in [3.05, 3.63) is 54.0 Å². The Morgan fingerprint density at radius 1 is 1.19 bits per heavy atom. The van der Waals surface area contributed by atoms with Gasteiger partial charge in [0.1, 0.15) is 0 Å². The summed E-state index contributed by atoms with van der Waals surface area (Å²) in [6.45, 7) is 2.84. The van der Waals surface area contributed by atoms with Crippen LogP contribution in [0.5, 0.6) is 0 Å². The number of nitrogens with one attached hydrogen (secondary N) is 2. The van der Waals surface area contributed by atoms with Crippen LogP contribution in [0.25, 0.3) is 11.3 Å². The molecule has 2 aromatic heterocycles. The van der Waals surface area contributed by atoms with E-state index < -0.39 is 0 Å². The predicted molar refractivity (Wildman–Crippen MR) is 122 cm³/mol. The van der Waals surface area contributed by atoms with Crippen LogP contribution in [-0.4, -0.2) is 26.8 Å². The molecule has 4 rings (SSSR count). The molecule has 31 heavy (non-hydrogen) atoms. The van der Waals surface area contributed by atoms with Gasteiger partial charge in [0.25, 0.3) is 0 Å². The summed E-state index contributed by atoms with van der Waals surface area (Å²) in [5.74, 6) is 1.08. The minimum Gasteiger partial charge on any atom is -0.324 e. The molecule has 3 aromatic rings. The minimum absolute atomic E-state index is 0.136. The third-order valence-corrected chi connectivity index (χ3v) is 6.02. The van der Waals surface area contributed by atoms with Crippen LogP contribution in [0.15, 0.2) is 42.9 Å². The summed E-state index contributed by atoms with van der Waals surface area (Å²) in [5, 5.41) is 20.4. The van der Waals surface area contributed by atoms with E-state index in [1.165, 1.54) is 31.2 Å². The Morgan fingerprint density at radius 3 is 2.68 bits per heavy atom. The van der Waals surface area contributed by atoms with E-state index in [0.717, 1.165) is 29.1 Å². The molecule has 1 saturated carbocycles. The number of anilines is 2. The summed E-state index contributed by atoms with van der Waals surface area (Å²) in [6, 6.07) is 10.7. The molecule has 0 amide bonds. The zero-order valence-electron chi connectivity index (χ0n) is 18.2. The van der Waals surface area contributed by atoms with E-state index in [9.17, 15) is 5.26 Å². The molecule has 1 fully saturated rings. The van der Waals surface area contributed by atoms with Crippen molar-refractivity contribution in [3.63, 3.8) is 0 Å². The van der Waals surface area contributed by atoms with Crippen molar-refractivity contribution in [3.8, 4) is 17.3 Å². The van der Waals surface area contributed by atoms with Gasteiger partial charge in [0.15, 0.2) is 0 Å². The SMILES string of the molecule is CNCc1ccc(Nc2ncc(C)c(-c3cnn(C(CC#N)C4CCCC4)c3)n2)cc1. The summed E-state index contributed by atoms with van der Waals surface area (Å²) in [6.07, 6.45) is 11.1. The van der Waals surface area contributed by atoms with Crippen molar-refractivity contribution in [1.82, 2.24) is 25.1 Å². The molecule has 1 aliphatic rings. The summed E-state index contributed by atoms with van der Waals surface area (Å²) in [4.78, 5) is 9.21. The molecule has 0 aliphatic heterocycles. The number of hydrogen-bond acceptors (Lipinski definition) is 6. The van der Waals surface area contributed by atoms with E-state index in [4.69, 9.17) is 4.98 Å². The maximum absolute atomic E-state index is 9.33. The molecule has 0 bridgehead atoms. The summed E-state index contributed by atoms with van der Waals surface area (Å²) < 4.78 is 1.98. The second-order valence-electron chi connectivity index (χ2n) is 8.26. The molecule has 7 nitrogen and oxygen atoms in total. The van der Waals surface area contributed by atoms with Crippen LogP contribution < -0.4 is 10.6 Å². The van der Waals surface area contributed by atoms with Gasteiger partial charge in [-0.05, 0) is 56.0 Å². The topological polar surface area (TPSA) is 91.5 Å². The van der Waals surface area contributed by atoms with Gasteiger partial charge in [-0.3, -0.25) is 4.68 Å². The number of aromatic nitrogens is 4. The number of benzene rings is 1. The largest absolute Gasteiger partial charge is 0.324 e. The highest BCUT2D eigenvalue weighted by atomic mass is 15.3. The lowest BCUT2D eigenvalue weighted by Crippen LogP contribution is -2.17. The summed E-state index contributed by atoms with van der Waals surface area (Å²) in [7, 11) is 1.94. The first-order valence-electron chi connectivity index (χ1n) is 10.9. The molecule has 2 N–H and O–H groups in total. The normalized spacial score (nSPS) is 15.0. The minimum atomic E-state index is 0.136. The molecule has 1 unspecified atom stereocenters. The molecular formula is C24H29N7. The van der Waals surface area contributed by atoms with Crippen molar-refractivity contribution in [2.45, 2.75) is 51.6 Å². The summed E-state index contributed by atoms with van der Waals surface area (Å²) in [5.41, 5.74) is 4.97. The average molecular weight is 416 g/mol. The van der Waals surface area contributed by atoms with Crippen LogP contribution in [0.2, 0.25) is 0 Å². The monoisotopic (exact) mass is 415 g/mol. The summed E-state index contributed by atoms with van der Waals surface area (Å²) >= 11 is 0. The van der Waals surface area contributed by atoms with E-state index in [0.29, 0.717) is 18.3 Å². The maximum atomic E-state index is 9.33. The van der Waals surface area contributed by atoms with Crippen LogP contribution in [0.4, 0.5) is 11.6 Å². The van der Waals surface area contributed by atoms with Crippen LogP contribution in [0.1, 0.15) is 49.3 Å². The molecule has 0 spiro atoms. The van der Waals surface area contributed by atoms with E-state index in [-0.39, 0.29) is 6.04 Å². The average Bonchev–Trinajstić information content (AvgIpc) is 3.48. The second-order valence-corrected chi connectivity index (χ2v) is 8.26. The Hall–Kier alpha value is -3.24. The van der Waals surface area contributed by atoms with Gasteiger partial charge in [0, 0.05) is 30.2 Å². The Balaban J connectivity index is 1.55. The smallest absolute Gasteiger partial charge is 0.227 e. The van der Waals surface area contributed by atoms with Crippen molar-refractivity contribution in [1.29, 1.82) is 5.26 Å². The Kier molecular flexibility index (Phi) is 6.58. The lowest BCUT2D eigenvalue weighted by Gasteiger charge is -2.21. The zero-order chi connectivity index (χ0) is 21.6. The molecule has 0 saturated heterocycles. The second kappa shape index (κ2) is 9.71. The third-order valence-electron chi connectivity index (χ3n) is 6.02. The van der Waals surface area contributed by atoms with Gasteiger partial charge in [-0.25, -0.2) is 9.97 Å². The Labute approximate surface area is 183 Å². The van der Waals surface area contributed by atoms with Crippen LogP contribution in [0.3, 0.4) is 0 Å². The first-order chi connectivity index (χ1) is 15.2. The molecular weight excluding hydrogens is 386 g/mol. The van der Waals surface area contributed by atoms with E-state index in [1.807, 2.05) is 49.4 Å². The molecule has 2 heterocycles. The Morgan fingerprint density at radius 2 is 1.97 bits per heavy atom. The molecule has 1 aromatic carbocycles. The first kappa shape index (κ1) is 21.0. The molecule has 1 aliphatic carbocycles. The van der Waals surface area contributed by atoms with Gasteiger partial charge in [-0.2, -0.15) is 10.4 Å². The van der Waals surface area contributed by atoms with Gasteiger partial charge in [-0.1, -0.05) is 25.0 Å². The van der Waals surface area contributed by atoms with Gasteiger partial charge >= 0.3 is 0 Å².